The fraction of sp³-hybridized carbons (Fsp3) is 0.259. The lowest BCUT2D eigenvalue weighted by Crippen LogP contribution is -2.36. The summed E-state index contributed by atoms with van der Waals surface area (Å²) in [5.74, 6) is -0.365. The van der Waals surface area contributed by atoms with E-state index in [-0.39, 0.29) is 27.8 Å². The van der Waals surface area contributed by atoms with Gasteiger partial charge in [0, 0.05) is 31.5 Å². The van der Waals surface area contributed by atoms with Crippen LogP contribution in [0.4, 0.5) is 10.8 Å². The predicted octanol–water partition coefficient (Wildman–Crippen LogP) is 4.12. The van der Waals surface area contributed by atoms with Crippen LogP contribution in [0.1, 0.15) is 17.3 Å². The van der Waals surface area contributed by atoms with Gasteiger partial charge in [-0.05, 0) is 69.6 Å². The van der Waals surface area contributed by atoms with Crippen molar-refractivity contribution in [1.82, 2.24) is 9.88 Å². The van der Waals surface area contributed by atoms with Gasteiger partial charge in [0.05, 0.1) is 20.2 Å². The quantitative estimate of drug-likeness (QED) is 0.275. The predicted molar refractivity (Wildman–Crippen MR) is 156 cm³/mol. The van der Waals surface area contributed by atoms with Crippen molar-refractivity contribution >= 4 is 58.1 Å². The summed E-state index contributed by atoms with van der Waals surface area (Å²) in [4.78, 5) is 21.8. The van der Waals surface area contributed by atoms with Crippen LogP contribution in [0.15, 0.2) is 82.6 Å². The molecule has 1 amide bonds. The summed E-state index contributed by atoms with van der Waals surface area (Å²) >= 11 is 1.23. The van der Waals surface area contributed by atoms with Crippen molar-refractivity contribution in [2.45, 2.75) is 16.7 Å². The molecule has 0 saturated heterocycles. The second kappa shape index (κ2) is 11.4. The molecule has 0 aliphatic rings. The Morgan fingerprint density at radius 2 is 1.54 bits per heavy atom. The van der Waals surface area contributed by atoms with Crippen molar-refractivity contribution in [3.8, 4) is 0 Å². The Morgan fingerprint density at radius 1 is 0.872 bits per heavy atom. The molecule has 0 radical (unpaired) electrons. The lowest BCUT2D eigenvalue weighted by Gasteiger charge is -2.24. The van der Waals surface area contributed by atoms with E-state index in [0.29, 0.717) is 34.1 Å². The molecule has 206 valence electrons. The first-order chi connectivity index (χ1) is 18.4. The molecule has 9 nitrogen and oxygen atoms in total. The van der Waals surface area contributed by atoms with Crippen molar-refractivity contribution in [2.24, 2.45) is 0 Å². The number of thiazole rings is 1. The molecule has 3 aromatic carbocycles. The van der Waals surface area contributed by atoms with Crippen LogP contribution in [0.3, 0.4) is 0 Å². The van der Waals surface area contributed by atoms with E-state index in [1.54, 1.807) is 43.3 Å². The summed E-state index contributed by atoms with van der Waals surface area (Å²) in [6.45, 7) is 2.85. The fourth-order valence-electron chi connectivity index (χ4n) is 4.05. The number of carbonyl (C=O) groups is 1. The van der Waals surface area contributed by atoms with Gasteiger partial charge in [-0.3, -0.25) is 14.0 Å². The summed E-state index contributed by atoms with van der Waals surface area (Å²) in [6, 6.07) is 19.6. The maximum absolute atomic E-state index is 13.7. The molecule has 0 aliphatic heterocycles. The largest absolute Gasteiger partial charge is 0.308 e. The van der Waals surface area contributed by atoms with Crippen molar-refractivity contribution < 1.29 is 21.6 Å². The number of fused-ring (bicyclic) bond motifs is 1. The first-order valence-corrected chi connectivity index (χ1v) is 16.3. The van der Waals surface area contributed by atoms with Crippen LogP contribution in [0, 0.1) is 0 Å². The molecule has 12 heteroatoms. The van der Waals surface area contributed by atoms with E-state index in [2.05, 4.69) is 4.98 Å². The Balaban J connectivity index is 1.69. The number of aromatic nitrogens is 1. The molecule has 4 aromatic rings. The van der Waals surface area contributed by atoms with E-state index in [1.807, 2.05) is 25.1 Å². The Bertz CT molecular complexity index is 1680. The van der Waals surface area contributed by atoms with Gasteiger partial charge in [0.1, 0.15) is 5.52 Å². The molecule has 0 fully saturated rings. The number of hydrogen-bond donors (Lipinski definition) is 0. The molecule has 0 atom stereocenters. The minimum atomic E-state index is -3.84. The summed E-state index contributed by atoms with van der Waals surface area (Å²) in [6.07, 6.45) is 1.13. The minimum absolute atomic E-state index is 0.0716. The average molecular weight is 587 g/mol. The minimum Gasteiger partial charge on any atom is -0.308 e. The zero-order chi connectivity index (χ0) is 28.4. The van der Waals surface area contributed by atoms with Gasteiger partial charge in [-0.15, -0.1) is 0 Å². The highest BCUT2D eigenvalue weighted by Gasteiger charge is 2.26. The lowest BCUT2D eigenvalue weighted by atomic mass is 10.2. The van der Waals surface area contributed by atoms with Gasteiger partial charge in [-0.25, -0.2) is 21.8 Å². The lowest BCUT2D eigenvalue weighted by molar-refractivity contribution is 0.0985. The molecule has 0 unspecified atom stereocenters. The van der Waals surface area contributed by atoms with E-state index in [4.69, 9.17) is 0 Å². The number of benzene rings is 3. The molecule has 0 aliphatic carbocycles. The van der Waals surface area contributed by atoms with Crippen LogP contribution in [-0.4, -0.2) is 72.6 Å². The molecule has 0 spiro atoms. The molecule has 1 heterocycles. The van der Waals surface area contributed by atoms with Gasteiger partial charge in [-0.2, -0.15) is 0 Å². The number of sulfonamides is 1. The van der Waals surface area contributed by atoms with Gasteiger partial charge in [0.15, 0.2) is 15.0 Å². The number of anilines is 2. The van der Waals surface area contributed by atoms with E-state index in [1.165, 1.54) is 50.9 Å². The van der Waals surface area contributed by atoms with Crippen LogP contribution in [0.2, 0.25) is 0 Å². The number of para-hydroxylation sites is 2. The summed E-state index contributed by atoms with van der Waals surface area (Å²) in [7, 11) is -3.59. The first-order valence-electron chi connectivity index (χ1n) is 12.2. The normalized spacial score (nSPS) is 12.1. The van der Waals surface area contributed by atoms with Crippen LogP contribution in [-0.2, 0) is 19.9 Å². The van der Waals surface area contributed by atoms with E-state index in [9.17, 15) is 21.6 Å². The third-order valence-corrected chi connectivity index (χ3v) is 10.1. The summed E-state index contributed by atoms with van der Waals surface area (Å²) in [5.41, 5.74) is 1.17. The summed E-state index contributed by atoms with van der Waals surface area (Å²) < 4.78 is 53.3. The standard InChI is InChI=1S/C27H30N4O5S3/c1-5-31(21-10-7-6-8-11-21)39(35,36)22-16-14-20(15-17-22)26(32)30(19-18-29(2)3)27-28-25-23(37-27)12-9-13-24(25)38(4,33)34/h6-17H,5,18-19H2,1-4H3. The van der Waals surface area contributed by atoms with Gasteiger partial charge < -0.3 is 4.90 Å². The highest BCUT2D eigenvalue weighted by atomic mass is 32.2. The van der Waals surface area contributed by atoms with Crippen LogP contribution in [0.25, 0.3) is 10.2 Å². The van der Waals surface area contributed by atoms with Gasteiger partial charge in [0.25, 0.3) is 15.9 Å². The SMILES string of the molecule is CCN(c1ccccc1)S(=O)(=O)c1ccc(C(=O)N(CCN(C)C)c2nc3c(S(C)(=O)=O)cccc3s2)cc1. The molecular weight excluding hydrogens is 557 g/mol. The first kappa shape index (κ1) is 28.7. The number of likely N-dealkylation sites (N-methyl/N-ethyl adjacent to an activating group) is 1. The Morgan fingerprint density at radius 3 is 2.13 bits per heavy atom. The molecule has 1 aromatic heterocycles. The number of amides is 1. The molecule has 39 heavy (non-hydrogen) atoms. The number of carbonyl (C=O) groups excluding carboxylic acids is 1. The number of hydrogen-bond acceptors (Lipinski definition) is 8. The number of sulfone groups is 1. The maximum Gasteiger partial charge on any atom is 0.264 e. The van der Waals surface area contributed by atoms with E-state index < -0.39 is 19.9 Å². The fourth-order valence-corrected chi connectivity index (χ4v) is 7.44. The maximum atomic E-state index is 13.7. The molecule has 0 saturated carbocycles. The Labute approximate surface area is 233 Å². The molecule has 4 rings (SSSR count). The van der Waals surface area contributed by atoms with E-state index >= 15 is 0 Å². The number of nitrogens with zero attached hydrogens (tertiary/aromatic N) is 4. The average Bonchev–Trinajstić information content (AvgIpc) is 3.33. The van der Waals surface area contributed by atoms with Crippen molar-refractivity contribution in [3.63, 3.8) is 0 Å². The van der Waals surface area contributed by atoms with Crippen molar-refractivity contribution in [3.05, 3.63) is 78.4 Å². The topological polar surface area (TPSA) is 108 Å². The van der Waals surface area contributed by atoms with E-state index in [0.717, 1.165) is 6.26 Å². The summed E-state index contributed by atoms with van der Waals surface area (Å²) in [5, 5.41) is 0.367. The van der Waals surface area contributed by atoms with Crippen LogP contribution >= 0.6 is 11.3 Å². The second-order valence-corrected chi connectivity index (χ2v) is 14.0. The molecule has 0 N–H and O–H groups in total. The van der Waals surface area contributed by atoms with Gasteiger partial charge >= 0.3 is 0 Å². The molecular formula is C27H30N4O5S3. The zero-order valence-electron chi connectivity index (χ0n) is 22.1. The third-order valence-electron chi connectivity index (χ3n) is 6.04. The highest BCUT2D eigenvalue weighted by molar-refractivity contribution is 7.92. The van der Waals surface area contributed by atoms with Crippen LogP contribution < -0.4 is 9.21 Å². The molecule has 0 bridgehead atoms. The second-order valence-electron chi connectivity index (χ2n) is 9.16. The van der Waals surface area contributed by atoms with Gasteiger partial charge in [0.2, 0.25) is 0 Å². The van der Waals surface area contributed by atoms with Crippen molar-refractivity contribution in [1.29, 1.82) is 0 Å². The number of rotatable bonds is 10. The van der Waals surface area contributed by atoms with Crippen LogP contribution in [0.5, 0.6) is 0 Å². The van der Waals surface area contributed by atoms with Gasteiger partial charge in [-0.1, -0.05) is 35.6 Å². The smallest absolute Gasteiger partial charge is 0.264 e. The Hall–Kier alpha value is -3.32. The highest BCUT2D eigenvalue weighted by Crippen LogP contribution is 2.33. The zero-order valence-corrected chi connectivity index (χ0v) is 24.6. The third kappa shape index (κ3) is 6.14. The Kier molecular flexibility index (Phi) is 8.40. The monoisotopic (exact) mass is 586 g/mol. The van der Waals surface area contributed by atoms with Crippen molar-refractivity contribution in [2.75, 3.05) is 49.2 Å².